The van der Waals surface area contributed by atoms with Gasteiger partial charge in [0.15, 0.2) is 0 Å². The van der Waals surface area contributed by atoms with Crippen LogP contribution in [-0.2, 0) is 0 Å². The minimum Gasteiger partial charge on any atom is -0.0889 e. The van der Waals surface area contributed by atoms with E-state index in [1.54, 1.807) is 0 Å². The van der Waals surface area contributed by atoms with Crippen LogP contribution < -0.4 is 5.46 Å². The molecule has 0 aromatic heterocycles. The first-order valence-electron chi connectivity index (χ1n) is 6.55. The maximum Gasteiger partial charge on any atom is 0.139 e. The van der Waals surface area contributed by atoms with E-state index < -0.39 is 0 Å². The van der Waals surface area contributed by atoms with E-state index in [0.717, 1.165) is 0 Å². The molecule has 0 saturated carbocycles. The summed E-state index contributed by atoms with van der Waals surface area (Å²) in [6.07, 6.45) is 0. The molecule has 0 nitrogen and oxygen atoms in total. The Bertz CT molecular complexity index is 652. The second-order valence-corrected chi connectivity index (χ2v) is 4.81. The van der Waals surface area contributed by atoms with Gasteiger partial charge in [-0.25, -0.2) is 0 Å². The molecular formula is C18H15B. The van der Waals surface area contributed by atoms with Crippen LogP contribution in [0.5, 0.6) is 0 Å². The Balaban J connectivity index is 1.93. The van der Waals surface area contributed by atoms with Crippen molar-refractivity contribution >= 4 is 13.3 Å². The van der Waals surface area contributed by atoms with Crippen LogP contribution >= 0.6 is 0 Å². The summed E-state index contributed by atoms with van der Waals surface area (Å²) in [5.41, 5.74) is 6.35. The SMILES string of the molecule is Bc1ccc(-c2ccc(-c3ccccc3)cc2)cc1. The lowest BCUT2D eigenvalue weighted by Crippen LogP contribution is -1.99. The maximum absolute atomic E-state index is 2.19. The van der Waals surface area contributed by atoms with E-state index in [4.69, 9.17) is 0 Å². The van der Waals surface area contributed by atoms with Crippen LogP contribution in [0.4, 0.5) is 0 Å². The van der Waals surface area contributed by atoms with Crippen molar-refractivity contribution in [2.75, 3.05) is 0 Å². The lowest BCUT2D eigenvalue weighted by atomic mass is 9.93. The Hall–Kier alpha value is -2.28. The summed E-state index contributed by atoms with van der Waals surface area (Å²) in [6.45, 7) is 0. The van der Waals surface area contributed by atoms with Crippen molar-refractivity contribution in [1.29, 1.82) is 0 Å². The molecule has 0 saturated heterocycles. The smallest absolute Gasteiger partial charge is 0.0889 e. The van der Waals surface area contributed by atoms with E-state index in [9.17, 15) is 0 Å². The fourth-order valence-corrected chi connectivity index (χ4v) is 2.23. The van der Waals surface area contributed by atoms with Crippen molar-refractivity contribution in [1.82, 2.24) is 0 Å². The van der Waals surface area contributed by atoms with Gasteiger partial charge >= 0.3 is 0 Å². The molecule has 19 heavy (non-hydrogen) atoms. The first-order valence-corrected chi connectivity index (χ1v) is 6.55. The van der Waals surface area contributed by atoms with E-state index >= 15 is 0 Å². The summed E-state index contributed by atoms with van der Waals surface area (Å²) >= 11 is 0. The molecular weight excluding hydrogens is 227 g/mol. The molecule has 3 rings (SSSR count). The second kappa shape index (κ2) is 5.15. The third-order valence-corrected chi connectivity index (χ3v) is 3.38. The van der Waals surface area contributed by atoms with Gasteiger partial charge in [-0.1, -0.05) is 84.3 Å². The van der Waals surface area contributed by atoms with Gasteiger partial charge in [0.05, 0.1) is 0 Å². The van der Waals surface area contributed by atoms with Crippen LogP contribution in [0.1, 0.15) is 0 Å². The molecule has 0 amide bonds. The van der Waals surface area contributed by atoms with Crippen LogP contribution in [0.3, 0.4) is 0 Å². The Kier molecular flexibility index (Phi) is 3.20. The van der Waals surface area contributed by atoms with Crippen molar-refractivity contribution in [2.24, 2.45) is 0 Å². The number of hydrogen-bond donors (Lipinski definition) is 0. The molecule has 0 aliphatic carbocycles. The van der Waals surface area contributed by atoms with Crippen LogP contribution in [0.15, 0.2) is 78.9 Å². The fraction of sp³-hybridized carbons (Fsp3) is 0. The van der Waals surface area contributed by atoms with Crippen molar-refractivity contribution in [2.45, 2.75) is 0 Å². The first-order chi connectivity index (χ1) is 9.33. The van der Waals surface area contributed by atoms with Crippen molar-refractivity contribution < 1.29 is 0 Å². The number of hydrogen-bond acceptors (Lipinski definition) is 0. The maximum atomic E-state index is 2.19. The van der Waals surface area contributed by atoms with Gasteiger partial charge in [0.25, 0.3) is 0 Å². The summed E-state index contributed by atoms with van der Waals surface area (Å²) < 4.78 is 0. The third-order valence-electron chi connectivity index (χ3n) is 3.38. The fourth-order valence-electron chi connectivity index (χ4n) is 2.23. The average Bonchev–Trinajstić information content (AvgIpc) is 2.49. The van der Waals surface area contributed by atoms with Gasteiger partial charge in [-0.3, -0.25) is 0 Å². The molecule has 0 bridgehead atoms. The zero-order chi connectivity index (χ0) is 13.1. The van der Waals surface area contributed by atoms with E-state index in [1.807, 2.05) is 6.07 Å². The van der Waals surface area contributed by atoms with E-state index in [-0.39, 0.29) is 0 Å². The predicted octanol–water partition coefficient (Wildman–Crippen LogP) is 3.28. The molecule has 0 atom stereocenters. The minimum atomic E-state index is 1.26. The zero-order valence-corrected chi connectivity index (χ0v) is 11.0. The quantitative estimate of drug-likeness (QED) is 0.605. The normalized spacial score (nSPS) is 10.3. The Morgan fingerprint density at radius 3 is 1.26 bits per heavy atom. The molecule has 0 fully saturated rings. The Morgan fingerprint density at radius 2 is 0.789 bits per heavy atom. The van der Waals surface area contributed by atoms with Gasteiger partial charge in [-0.05, 0) is 22.3 Å². The highest BCUT2D eigenvalue weighted by Crippen LogP contribution is 2.24. The van der Waals surface area contributed by atoms with Crippen molar-refractivity contribution in [3.05, 3.63) is 78.9 Å². The van der Waals surface area contributed by atoms with Crippen LogP contribution in [0, 0.1) is 0 Å². The van der Waals surface area contributed by atoms with Gasteiger partial charge in [0, 0.05) is 0 Å². The molecule has 1 heteroatoms. The lowest BCUT2D eigenvalue weighted by Gasteiger charge is -2.05. The zero-order valence-electron chi connectivity index (χ0n) is 11.0. The van der Waals surface area contributed by atoms with Crippen LogP contribution in [-0.4, -0.2) is 7.85 Å². The van der Waals surface area contributed by atoms with Crippen molar-refractivity contribution in [3.63, 3.8) is 0 Å². The summed E-state index contributed by atoms with van der Waals surface area (Å²) in [6, 6.07) is 27.9. The summed E-state index contributed by atoms with van der Waals surface area (Å²) in [5.74, 6) is 0. The predicted molar refractivity (Wildman–Crippen MR) is 85.5 cm³/mol. The van der Waals surface area contributed by atoms with E-state index in [0.29, 0.717) is 0 Å². The molecule has 0 radical (unpaired) electrons. The summed E-state index contributed by atoms with van der Waals surface area (Å²) in [7, 11) is 2.11. The first kappa shape index (κ1) is 11.8. The monoisotopic (exact) mass is 242 g/mol. The average molecular weight is 242 g/mol. The number of benzene rings is 3. The van der Waals surface area contributed by atoms with Gasteiger partial charge in [-0.15, -0.1) is 0 Å². The highest BCUT2D eigenvalue weighted by Gasteiger charge is 1.99. The Morgan fingerprint density at radius 1 is 0.421 bits per heavy atom. The Labute approximate surface area is 115 Å². The molecule has 3 aromatic carbocycles. The van der Waals surface area contributed by atoms with Gasteiger partial charge in [-0.2, -0.15) is 0 Å². The van der Waals surface area contributed by atoms with E-state index in [1.165, 1.54) is 27.7 Å². The van der Waals surface area contributed by atoms with E-state index in [2.05, 4.69) is 80.6 Å². The molecule has 0 aliphatic rings. The number of rotatable bonds is 2. The minimum absolute atomic E-state index is 1.26. The topological polar surface area (TPSA) is 0 Å². The molecule has 0 spiro atoms. The molecule has 90 valence electrons. The molecule has 0 unspecified atom stereocenters. The van der Waals surface area contributed by atoms with Crippen molar-refractivity contribution in [3.8, 4) is 22.3 Å². The highest BCUT2D eigenvalue weighted by atomic mass is 14.0. The standard InChI is InChI=1S/C18H15B/c19-18-12-10-17(11-13-18)16-8-6-15(7-9-16)14-4-2-1-3-5-14/h1-13H,19H2. The van der Waals surface area contributed by atoms with Gasteiger partial charge in [0.1, 0.15) is 7.85 Å². The second-order valence-electron chi connectivity index (χ2n) is 4.81. The van der Waals surface area contributed by atoms with Crippen LogP contribution in [0.2, 0.25) is 0 Å². The van der Waals surface area contributed by atoms with Crippen LogP contribution in [0.25, 0.3) is 22.3 Å². The molecule has 0 N–H and O–H groups in total. The summed E-state index contributed by atoms with van der Waals surface area (Å²) in [5, 5.41) is 0. The molecule has 0 aliphatic heterocycles. The summed E-state index contributed by atoms with van der Waals surface area (Å²) in [4.78, 5) is 0. The van der Waals surface area contributed by atoms with Gasteiger partial charge in [0.2, 0.25) is 0 Å². The molecule has 3 aromatic rings. The highest BCUT2D eigenvalue weighted by molar-refractivity contribution is 6.32. The van der Waals surface area contributed by atoms with Gasteiger partial charge < -0.3 is 0 Å². The molecule has 0 heterocycles. The lowest BCUT2D eigenvalue weighted by molar-refractivity contribution is 1.60. The third kappa shape index (κ3) is 2.60. The largest absolute Gasteiger partial charge is 0.139 e.